The third-order valence-corrected chi connectivity index (χ3v) is 3.02. The molecule has 0 saturated carbocycles. The van der Waals surface area contributed by atoms with Gasteiger partial charge < -0.3 is 5.11 Å². The highest BCUT2D eigenvalue weighted by molar-refractivity contribution is 7.97. The minimum atomic E-state index is 0.251. The van der Waals surface area contributed by atoms with Crippen molar-refractivity contribution in [3.63, 3.8) is 0 Å². The van der Waals surface area contributed by atoms with Gasteiger partial charge in [-0.25, -0.2) is 4.31 Å². The molecule has 0 unspecified atom stereocenters. The summed E-state index contributed by atoms with van der Waals surface area (Å²) < 4.78 is 4.14. The molecule has 72 valence electrons. The summed E-state index contributed by atoms with van der Waals surface area (Å²) in [7, 11) is 0. The molecule has 1 N–H and O–H groups in total. The molecule has 1 aliphatic heterocycles. The minimum absolute atomic E-state index is 0.251. The van der Waals surface area contributed by atoms with E-state index in [1.165, 1.54) is 6.20 Å². The quantitative estimate of drug-likeness (QED) is 0.740. The van der Waals surface area contributed by atoms with Crippen LogP contribution in [0.2, 0.25) is 0 Å². The normalized spacial score (nSPS) is 18.8. The molecule has 0 atom stereocenters. The molecule has 0 bridgehead atoms. The lowest BCUT2D eigenvalue weighted by molar-refractivity contribution is 0.207. The lowest BCUT2D eigenvalue weighted by Crippen LogP contribution is -2.43. The van der Waals surface area contributed by atoms with Crippen molar-refractivity contribution < 1.29 is 5.11 Å². The van der Waals surface area contributed by atoms with E-state index in [4.69, 9.17) is 5.11 Å². The second-order valence-corrected chi connectivity index (χ2v) is 4.45. The fourth-order valence-electron chi connectivity index (χ4n) is 1.40. The van der Waals surface area contributed by atoms with Crippen molar-refractivity contribution in [1.29, 1.82) is 0 Å². The lowest BCUT2D eigenvalue weighted by atomic mass is 10.2. The third kappa shape index (κ3) is 1.81. The van der Waals surface area contributed by atoms with Crippen molar-refractivity contribution in [2.75, 3.05) is 18.8 Å². The first-order chi connectivity index (χ1) is 6.29. The first-order valence-corrected chi connectivity index (χ1v) is 5.35. The van der Waals surface area contributed by atoms with E-state index >= 15 is 0 Å². The molecule has 5 heteroatoms. The van der Waals surface area contributed by atoms with Gasteiger partial charge in [-0.1, -0.05) is 18.9 Å². The van der Waals surface area contributed by atoms with E-state index in [0.29, 0.717) is 6.04 Å². The number of aromatic nitrogens is 2. The van der Waals surface area contributed by atoms with E-state index in [2.05, 4.69) is 16.3 Å². The Kier molecular flexibility index (Phi) is 2.46. The first-order valence-electron chi connectivity index (χ1n) is 4.40. The second kappa shape index (κ2) is 3.59. The Balaban J connectivity index is 1.86. The molecule has 0 aromatic carbocycles. The highest BCUT2D eigenvalue weighted by Crippen LogP contribution is 2.27. The van der Waals surface area contributed by atoms with Crippen LogP contribution in [0.1, 0.15) is 13.0 Å². The van der Waals surface area contributed by atoms with Gasteiger partial charge in [-0.2, -0.15) is 5.10 Å². The SMILES string of the molecule is CCSN1CC(n2cc(O)cn2)C1. The molecular formula is C8H13N3OS. The maximum atomic E-state index is 9.09. The summed E-state index contributed by atoms with van der Waals surface area (Å²) in [4.78, 5) is 0. The van der Waals surface area contributed by atoms with Crippen molar-refractivity contribution in [3.05, 3.63) is 12.4 Å². The van der Waals surface area contributed by atoms with Gasteiger partial charge >= 0.3 is 0 Å². The topological polar surface area (TPSA) is 41.3 Å². The van der Waals surface area contributed by atoms with Gasteiger partial charge in [-0.05, 0) is 0 Å². The van der Waals surface area contributed by atoms with Gasteiger partial charge in [0.1, 0.15) is 0 Å². The van der Waals surface area contributed by atoms with Gasteiger partial charge in [0.15, 0.2) is 5.75 Å². The summed E-state index contributed by atoms with van der Waals surface area (Å²) in [5, 5.41) is 13.2. The molecular weight excluding hydrogens is 186 g/mol. The Bertz CT molecular complexity index is 283. The highest BCUT2D eigenvalue weighted by atomic mass is 32.2. The molecule has 0 amide bonds. The van der Waals surface area contributed by atoms with Gasteiger partial charge in [0, 0.05) is 18.8 Å². The zero-order valence-corrected chi connectivity index (χ0v) is 8.37. The number of nitrogens with zero attached hydrogens (tertiary/aromatic N) is 3. The van der Waals surface area contributed by atoms with E-state index in [9.17, 15) is 0 Å². The fraction of sp³-hybridized carbons (Fsp3) is 0.625. The van der Waals surface area contributed by atoms with Crippen molar-refractivity contribution >= 4 is 11.9 Å². The zero-order chi connectivity index (χ0) is 9.26. The molecule has 2 rings (SSSR count). The summed E-state index contributed by atoms with van der Waals surface area (Å²) in [5.41, 5.74) is 0. The van der Waals surface area contributed by atoms with Gasteiger partial charge in [-0.15, -0.1) is 0 Å². The van der Waals surface area contributed by atoms with Crippen LogP contribution >= 0.6 is 11.9 Å². The molecule has 0 radical (unpaired) electrons. The number of aromatic hydroxyl groups is 1. The van der Waals surface area contributed by atoms with E-state index in [1.54, 1.807) is 6.20 Å². The molecule has 4 nitrogen and oxygen atoms in total. The van der Waals surface area contributed by atoms with Crippen LogP contribution in [0.5, 0.6) is 5.75 Å². The Morgan fingerprint density at radius 2 is 2.46 bits per heavy atom. The molecule has 1 aliphatic rings. The number of hydrogen-bond donors (Lipinski definition) is 1. The van der Waals surface area contributed by atoms with E-state index in [0.717, 1.165) is 18.8 Å². The lowest BCUT2D eigenvalue weighted by Gasteiger charge is -2.37. The van der Waals surface area contributed by atoms with Gasteiger partial charge in [0.25, 0.3) is 0 Å². The Hall–Kier alpha value is -0.680. The highest BCUT2D eigenvalue weighted by Gasteiger charge is 2.28. The van der Waals surface area contributed by atoms with Crippen LogP contribution in [0.3, 0.4) is 0 Å². The van der Waals surface area contributed by atoms with Crippen LogP contribution in [-0.4, -0.2) is 38.0 Å². The van der Waals surface area contributed by atoms with Gasteiger partial charge in [-0.3, -0.25) is 4.68 Å². The van der Waals surface area contributed by atoms with Crippen molar-refractivity contribution in [3.8, 4) is 5.75 Å². The molecule has 13 heavy (non-hydrogen) atoms. The van der Waals surface area contributed by atoms with Crippen LogP contribution in [0.15, 0.2) is 12.4 Å². The summed E-state index contributed by atoms with van der Waals surface area (Å²) >= 11 is 1.85. The second-order valence-electron chi connectivity index (χ2n) is 3.10. The molecule has 1 aromatic rings. The summed E-state index contributed by atoms with van der Waals surface area (Å²) in [6, 6.07) is 0.444. The van der Waals surface area contributed by atoms with Crippen LogP contribution in [0, 0.1) is 0 Å². The smallest absolute Gasteiger partial charge is 0.153 e. The average Bonchev–Trinajstić information content (AvgIpc) is 2.43. The number of rotatable bonds is 3. The molecule has 0 aliphatic carbocycles. The fourth-order valence-corrected chi connectivity index (χ4v) is 2.32. The number of hydrogen-bond acceptors (Lipinski definition) is 4. The third-order valence-electron chi connectivity index (χ3n) is 2.10. The minimum Gasteiger partial charge on any atom is -0.505 e. The Labute approximate surface area is 81.7 Å². The summed E-state index contributed by atoms with van der Waals surface area (Å²) in [6.45, 7) is 4.21. The summed E-state index contributed by atoms with van der Waals surface area (Å²) in [5.74, 6) is 1.37. The predicted octanol–water partition coefficient (Wildman–Crippen LogP) is 1.11. The monoisotopic (exact) mass is 199 g/mol. The maximum absolute atomic E-state index is 9.09. The molecule has 2 heterocycles. The zero-order valence-electron chi connectivity index (χ0n) is 7.55. The van der Waals surface area contributed by atoms with Crippen molar-refractivity contribution in [1.82, 2.24) is 14.1 Å². The molecule has 1 aromatic heterocycles. The van der Waals surface area contributed by atoms with Gasteiger partial charge in [0.2, 0.25) is 0 Å². The van der Waals surface area contributed by atoms with Crippen LogP contribution in [0.25, 0.3) is 0 Å². The maximum Gasteiger partial charge on any atom is 0.153 e. The van der Waals surface area contributed by atoms with Crippen LogP contribution in [-0.2, 0) is 0 Å². The van der Waals surface area contributed by atoms with E-state index in [-0.39, 0.29) is 5.75 Å². The van der Waals surface area contributed by atoms with Crippen molar-refractivity contribution in [2.45, 2.75) is 13.0 Å². The first kappa shape index (κ1) is 8.90. The predicted molar refractivity (Wildman–Crippen MR) is 52.6 cm³/mol. The average molecular weight is 199 g/mol. The molecule has 0 spiro atoms. The Morgan fingerprint density at radius 1 is 1.69 bits per heavy atom. The van der Waals surface area contributed by atoms with Crippen molar-refractivity contribution in [2.24, 2.45) is 0 Å². The Morgan fingerprint density at radius 3 is 3.00 bits per heavy atom. The molecule has 1 saturated heterocycles. The summed E-state index contributed by atoms with van der Waals surface area (Å²) in [6.07, 6.45) is 3.16. The van der Waals surface area contributed by atoms with Gasteiger partial charge in [0.05, 0.1) is 18.4 Å². The molecule has 1 fully saturated rings. The van der Waals surface area contributed by atoms with Crippen LogP contribution in [0.4, 0.5) is 0 Å². The standard InChI is InChI=1S/C8H13N3OS/c1-2-13-10-4-7(5-10)11-6-8(12)3-9-11/h3,6-7,12H,2,4-5H2,1H3. The van der Waals surface area contributed by atoms with E-state index in [1.807, 2.05) is 16.6 Å². The largest absolute Gasteiger partial charge is 0.505 e. The van der Waals surface area contributed by atoms with E-state index < -0.39 is 0 Å². The van der Waals surface area contributed by atoms with Crippen LogP contribution < -0.4 is 0 Å².